The molecule has 0 spiro atoms. The number of hydrogen-bond acceptors (Lipinski definition) is 2. The summed E-state index contributed by atoms with van der Waals surface area (Å²) in [6.07, 6.45) is 7.11. The average molecular weight is 402 g/mol. The quantitative estimate of drug-likeness (QED) is 0.521. The Kier molecular flexibility index (Phi) is 4.61. The number of aromatic amines is 1. The summed E-state index contributed by atoms with van der Waals surface area (Å²) < 4.78 is 3.36. The zero-order valence-electron chi connectivity index (χ0n) is 17.5. The topological polar surface area (TPSA) is 59.8 Å². The van der Waals surface area contributed by atoms with Crippen LogP contribution in [-0.4, -0.2) is 14.1 Å². The molecule has 1 atom stereocenters. The van der Waals surface area contributed by atoms with Crippen LogP contribution in [0.1, 0.15) is 62.2 Å². The van der Waals surface area contributed by atoms with Crippen LogP contribution in [-0.2, 0) is 0 Å². The second kappa shape index (κ2) is 7.31. The number of rotatable bonds is 3. The van der Waals surface area contributed by atoms with Crippen LogP contribution in [0.25, 0.3) is 21.8 Å². The lowest BCUT2D eigenvalue weighted by atomic mass is 9.95. The molecule has 2 heterocycles. The number of H-pyrrole nitrogens is 1. The van der Waals surface area contributed by atoms with E-state index in [1.807, 2.05) is 41.1 Å². The normalized spacial score (nSPS) is 16.3. The fourth-order valence-corrected chi connectivity index (χ4v) is 5.20. The van der Waals surface area contributed by atoms with Crippen LogP contribution in [0.5, 0.6) is 0 Å². The summed E-state index contributed by atoms with van der Waals surface area (Å²) in [6.45, 7) is 4.15. The third-order valence-electron chi connectivity index (χ3n) is 6.75. The molecule has 1 N–H and O–H groups in total. The van der Waals surface area contributed by atoms with Gasteiger partial charge in [-0.25, -0.2) is 4.79 Å². The molecule has 154 valence electrons. The van der Waals surface area contributed by atoms with Gasteiger partial charge in [0.15, 0.2) is 0 Å². The van der Waals surface area contributed by atoms with Crippen molar-refractivity contribution in [3.8, 4) is 0 Å². The van der Waals surface area contributed by atoms with E-state index >= 15 is 0 Å². The summed E-state index contributed by atoms with van der Waals surface area (Å²) in [5, 5.41) is 1.77. The highest BCUT2D eigenvalue weighted by atomic mass is 16.2. The molecule has 1 saturated carbocycles. The molecule has 1 fully saturated rings. The minimum absolute atomic E-state index is 0.00786. The van der Waals surface area contributed by atoms with Crippen LogP contribution in [0.2, 0.25) is 0 Å². The fourth-order valence-electron chi connectivity index (χ4n) is 5.20. The van der Waals surface area contributed by atoms with E-state index < -0.39 is 0 Å². The van der Waals surface area contributed by atoms with Gasteiger partial charge in [0, 0.05) is 28.7 Å². The maximum absolute atomic E-state index is 13.8. The molecular weight excluding hydrogens is 374 g/mol. The molecule has 5 heteroatoms. The van der Waals surface area contributed by atoms with Gasteiger partial charge in [0.05, 0.1) is 16.9 Å². The molecule has 1 aliphatic carbocycles. The molecular formula is C25H27N3O2. The van der Waals surface area contributed by atoms with Crippen LogP contribution in [0.4, 0.5) is 0 Å². The first-order valence-corrected chi connectivity index (χ1v) is 10.9. The summed E-state index contributed by atoms with van der Waals surface area (Å²) in [4.78, 5) is 30.4. The van der Waals surface area contributed by atoms with E-state index in [0.29, 0.717) is 10.9 Å². The van der Waals surface area contributed by atoms with Gasteiger partial charge in [-0.3, -0.25) is 13.9 Å². The van der Waals surface area contributed by atoms with Crippen LogP contribution >= 0.6 is 0 Å². The van der Waals surface area contributed by atoms with Gasteiger partial charge in [0.2, 0.25) is 0 Å². The number of aromatic nitrogens is 3. The van der Waals surface area contributed by atoms with Crippen molar-refractivity contribution in [2.75, 3.05) is 0 Å². The van der Waals surface area contributed by atoms with Crippen molar-refractivity contribution in [3.63, 3.8) is 0 Å². The zero-order valence-corrected chi connectivity index (χ0v) is 17.5. The van der Waals surface area contributed by atoms with Gasteiger partial charge in [-0.2, -0.15) is 0 Å². The van der Waals surface area contributed by atoms with Gasteiger partial charge < -0.3 is 4.98 Å². The lowest BCUT2D eigenvalue weighted by Gasteiger charge is -2.26. The van der Waals surface area contributed by atoms with Gasteiger partial charge in [-0.15, -0.1) is 0 Å². The SMILES string of the molecule is Cc1cccc2[nH]cc(C(C)n3c(=O)n(C4CCCCC4)c(=O)c4ccccc43)c12. The number of fused-ring (bicyclic) bond motifs is 2. The van der Waals surface area contributed by atoms with Gasteiger partial charge in [-0.05, 0) is 50.5 Å². The van der Waals surface area contributed by atoms with Crippen molar-refractivity contribution in [2.45, 2.75) is 58.0 Å². The number of hydrogen-bond donors (Lipinski definition) is 1. The Morgan fingerprint density at radius 1 is 1.00 bits per heavy atom. The van der Waals surface area contributed by atoms with Gasteiger partial charge in [-0.1, -0.05) is 43.5 Å². The van der Waals surface area contributed by atoms with Crippen molar-refractivity contribution in [3.05, 3.63) is 80.6 Å². The largest absolute Gasteiger partial charge is 0.361 e. The third-order valence-corrected chi connectivity index (χ3v) is 6.75. The fraction of sp³-hybridized carbons (Fsp3) is 0.360. The Labute approximate surface area is 175 Å². The van der Waals surface area contributed by atoms with E-state index in [-0.39, 0.29) is 23.3 Å². The first kappa shape index (κ1) is 18.9. The first-order valence-electron chi connectivity index (χ1n) is 10.9. The maximum Gasteiger partial charge on any atom is 0.332 e. The molecule has 5 nitrogen and oxygen atoms in total. The Bertz CT molecular complexity index is 1350. The van der Waals surface area contributed by atoms with Crippen LogP contribution < -0.4 is 11.2 Å². The van der Waals surface area contributed by atoms with Crippen molar-refractivity contribution in [2.24, 2.45) is 0 Å². The second-order valence-electron chi connectivity index (χ2n) is 8.55. The molecule has 1 aliphatic rings. The van der Waals surface area contributed by atoms with Gasteiger partial charge in [0.1, 0.15) is 0 Å². The highest BCUT2D eigenvalue weighted by Crippen LogP contribution is 2.31. The lowest BCUT2D eigenvalue weighted by Crippen LogP contribution is -2.43. The number of nitrogens with zero attached hydrogens (tertiary/aromatic N) is 2. The molecule has 0 aliphatic heterocycles. The second-order valence-corrected chi connectivity index (χ2v) is 8.55. The van der Waals surface area contributed by atoms with Crippen molar-refractivity contribution >= 4 is 21.8 Å². The molecule has 4 aromatic rings. The number of benzene rings is 2. The van der Waals surface area contributed by atoms with E-state index in [0.717, 1.165) is 42.1 Å². The minimum Gasteiger partial charge on any atom is -0.361 e. The molecule has 5 rings (SSSR count). The van der Waals surface area contributed by atoms with Crippen molar-refractivity contribution in [1.82, 2.24) is 14.1 Å². The van der Waals surface area contributed by atoms with Gasteiger partial charge in [0.25, 0.3) is 5.56 Å². The molecule has 0 amide bonds. The molecule has 2 aromatic heterocycles. The Morgan fingerprint density at radius 2 is 1.77 bits per heavy atom. The average Bonchev–Trinajstić information content (AvgIpc) is 3.20. The molecule has 1 unspecified atom stereocenters. The number of aryl methyl sites for hydroxylation is 1. The summed E-state index contributed by atoms with van der Waals surface area (Å²) in [5.74, 6) is 0. The molecule has 30 heavy (non-hydrogen) atoms. The van der Waals surface area contributed by atoms with Crippen LogP contribution in [0, 0.1) is 6.92 Å². The predicted molar refractivity (Wildman–Crippen MR) is 121 cm³/mol. The monoisotopic (exact) mass is 401 g/mol. The summed E-state index contributed by atoms with van der Waals surface area (Å²) in [6, 6.07) is 13.5. The van der Waals surface area contributed by atoms with Crippen LogP contribution in [0.3, 0.4) is 0 Å². The standard InChI is InChI=1S/C25H27N3O2/c1-16-9-8-13-21-23(16)20(15-26-21)17(2)27-22-14-7-6-12-19(22)24(29)28(25(27)30)18-10-4-3-5-11-18/h6-9,12-15,17-18,26H,3-5,10-11H2,1-2H3. The highest BCUT2D eigenvalue weighted by Gasteiger charge is 2.25. The smallest absolute Gasteiger partial charge is 0.332 e. The van der Waals surface area contributed by atoms with Crippen molar-refractivity contribution in [1.29, 1.82) is 0 Å². The zero-order chi connectivity index (χ0) is 20.8. The van der Waals surface area contributed by atoms with E-state index in [9.17, 15) is 9.59 Å². The molecule has 0 bridgehead atoms. The highest BCUT2D eigenvalue weighted by molar-refractivity contribution is 5.87. The van der Waals surface area contributed by atoms with Gasteiger partial charge >= 0.3 is 5.69 Å². The van der Waals surface area contributed by atoms with E-state index in [4.69, 9.17) is 0 Å². The Morgan fingerprint density at radius 3 is 2.57 bits per heavy atom. The van der Waals surface area contributed by atoms with E-state index in [1.54, 1.807) is 4.57 Å². The van der Waals surface area contributed by atoms with Crippen molar-refractivity contribution < 1.29 is 0 Å². The molecule has 0 saturated heterocycles. The Hall–Kier alpha value is -3.08. The van der Waals surface area contributed by atoms with E-state index in [1.165, 1.54) is 12.0 Å². The van der Waals surface area contributed by atoms with E-state index in [2.05, 4.69) is 31.0 Å². The summed E-state index contributed by atoms with van der Waals surface area (Å²) in [5.41, 5.74) is 3.67. The first-order chi connectivity index (χ1) is 14.6. The summed E-state index contributed by atoms with van der Waals surface area (Å²) in [7, 11) is 0. The third kappa shape index (κ3) is 2.83. The maximum atomic E-state index is 13.8. The van der Waals surface area contributed by atoms with Crippen LogP contribution in [0.15, 0.2) is 58.3 Å². The molecule has 2 aromatic carbocycles. The number of nitrogens with one attached hydrogen (secondary N) is 1. The summed E-state index contributed by atoms with van der Waals surface area (Å²) >= 11 is 0. The molecule has 0 radical (unpaired) electrons. The number of para-hydroxylation sites is 1. The Balaban J connectivity index is 1.79. The minimum atomic E-state index is -0.201. The predicted octanol–water partition coefficient (Wildman–Crippen LogP) is 5.07. The lowest BCUT2D eigenvalue weighted by molar-refractivity contribution is 0.330.